The molecule has 8 heteroatoms. The van der Waals surface area contributed by atoms with Gasteiger partial charge in [-0.25, -0.2) is 4.98 Å². The van der Waals surface area contributed by atoms with Crippen molar-refractivity contribution in [2.75, 3.05) is 23.3 Å². The Morgan fingerprint density at radius 3 is 2.59 bits per heavy atom. The fraction of sp³-hybridized carbons (Fsp3) is 0.316. The summed E-state index contributed by atoms with van der Waals surface area (Å²) >= 11 is 1.69. The molecule has 1 aliphatic heterocycles. The fourth-order valence-electron chi connectivity index (χ4n) is 3.23. The summed E-state index contributed by atoms with van der Waals surface area (Å²) in [6.45, 7) is 1.71. The summed E-state index contributed by atoms with van der Waals surface area (Å²) in [7, 11) is 0. The van der Waals surface area contributed by atoms with Crippen LogP contribution in [0.2, 0.25) is 0 Å². The lowest BCUT2D eigenvalue weighted by atomic mass is 10.1. The Hall–Kier alpha value is -2.48. The third kappa shape index (κ3) is 4.44. The summed E-state index contributed by atoms with van der Waals surface area (Å²) in [4.78, 5) is 6.96. The molecule has 4 rings (SSSR count). The molecule has 3 aromatic rings. The number of rotatable bonds is 4. The van der Waals surface area contributed by atoms with Crippen molar-refractivity contribution in [1.29, 1.82) is 0 Å². The second-order valence-corrected chi connectivity index (χ2v) is 7.45. The molecule has 0 saturated carbocycles. The van der Waals surface area contributed by atoms with Gasteiger partial charge in [-0.3, -0.25) is 0 Å². The van der Waals surface area contributed by atoms with Crippen molar-refractivity contribution in [3.8, 4) is 5.75 Å². The molecular weight excluding hydrogens is 375 g/mol. The van der Waals surface area contributed by atoms with Crippen molar-refractivity contribution >= 4 is 32.4 Å². The predicted octanol–water partition coefficient (Wildman–Crippen LogP) is 5.28. The lowest BCUT2D eigenvalue weighted by molar-refractivity contribution is -0.274. The average Bonchev–Trinajstić information content (AvgIpc) is 3.05. The molecule has 0 radical (unpaired) electrons. The largest absolute Gasteiger partial charge is 0.573 e. The van der Waals surface area contributed by atoms with Crippen LogP contribution in [0.25, 0.3) is 10.2 Å². The maximum absolute atomic E-state index is 12.4. The number of fused-ring (bicyclic) bond motifs is 1. The first-order chi connectivity index (χ1) is 13.0. The van der Waals surface area contributed by atoms with Crippen molar-refractivity contribution in [3.05, 3.63) is 48.5 Å². The second kappa shape index (κ2) is 7.26. The Bertz CT molecular complexity index is 887. The molecule has 142 valence electrons. The van der Waals surface area contributed by atoms with Gasteiger partial charge >= 0.3 is 6.36 Å². The molecular formula is C19H18F3N3OS. The molecule has 0 spiro atoms. The van der Waals surface area contributed by atoms with Crippen LogP contribution >= 0.6 is 11.3 Å². The Labute approximate surface area is 158 Å². The van der Waals surface area contributed by atoms with E-state index < -0.39 is 6.36 Å². The molecule has 0 bridgehead atoms. The maximum Gasteiger partial charge on any atom is 0.573 e. The van der Waals surface area contributed by atoms with E-state index in [2.05, 4.69) is 21.0 Å². The van der Waals surface area contributed by atoms with E-state index in [1.807, 2.05) is 18.2 Å². The smallest absolute Gasteiger partial charge is 0.406 e. The number of aromatic nitrogens is 1. The number of benzene rings is 2. The van der Waals surface area contributed by atoms with Crippen molar-refractivity contribution in [2.45, 2.75) is 25.2 Å². The summed E-state index contributed by atoms with van der Waals surface area (Å²) in [5.74, 6) is -0.209. The van der Waals surface area contributed by atoms with Gasteiger partial charge in [-0.2, -0.15) is 0 Å². The average molecular weight is 393 g/mol. The Balaban J connectivity index is 1.36. The fourth-order valence-corrected chi connectivity index (χ4v) is 4.25. The number of para-hydroxylation sites is 1. The molecule has 0 unspecified atom stereocenters. The highest BCUT2D eigenvalue weighted by Crippen LogP contribution is 2.31. The van der Waals surface area contributed by atoms with Crippen LogP contribution in [0.3, 0.4) is 0 Å². The Morgan fingerprint density at radius 1 is 1.07 bits per heavy atom. The van der Waals surface area contributed by atoms with Gasteiger partial charge in [0, 0.05) is 30.9 Å². The van der Waals surface area contributed by atoms with Crippen LogP contribution in [0.1, 0.15) is 12.8 Å². The minimum absolute atomic E-state index is 0.205. The first-order valence-corrected chi connectivity index (χ1v) is 9.51. The number of halogens is 3. The number of alkyl halides is 3. The molecule has 27 heavy (non-hydrogen) atoms. The Morgan fingerprint density at radius 2 is 1.85 bits per heavy atom. The molecule has 4 nitrogen and oxygen atoms in total. The van der Waals surface area contributed by atoms with Gasteiger partial charge in [0.1, 0.15) is 5.75 Å². The van der Waals surface area contributed by atoms with Crippen LogP contribution in [-0.4, -0.2) is 30.5 Å². The number of nitrogens with zero attached hydrogens (tertiary/aromatic N) is 2. The van der Waals surface area contributed by atoms with Crippen LogP contribution in [0.4, 0.5) is 24.0 Å². The molecule has 0 amide bonds. The van der Waals surface area contributed by atoms with E-state index in [-0.39, 0.29) is 11.8 Å². The second-order valence-electron chi connectivity index (χ2n) is 6.45. The van der Waals surface area contributed by atoms with Gasteiger partial charge in [-0.1, -0.05) is 29.5 Å². The van der Waals surface area contributed by atoms with Gasteiger partial charge < -0.3 is 15.0 Å². The number of nitrogens with one attached hydrogen (secondary N) is 1. The highest BCUT2D eigenvalue weighted by atomic mass is 32.1. The monoisotopic (exact) mass is 393 g/mol. The van der Waals surface area contributed by atoms with E-state index in [4.69, 9.17) is 4.98 Å². The lowest BCUT2D eigenvalue weighted by Crippen LogP contribution is -2.39. The summed E-state index contributed by atoms with van der Waals surface area (Å²) in [5, 5.41) is 4.34. The van der Waals surface area contributed by atoms with Gasteiger partial charge in [0.25, 0.3) is 0 Å². The predicted molar refractivity (Wildman–Crippen MR) is 102 cm³/mol. The van der Waals surface area contributed by atoms with E-state index in [1.54, 1.807) is 23.5 Å². The van der Waals surface area contributed by atoms with Crippen LogP contribution in [0.15, 0.2) is 48.5 Å². The third-order valence-electron chi connectivity index (χ3n) is 4.49. The molecule has 0 atom stereocenters. The number of piperidine rings is 1. The number of hydrogen-bond donors (Lipinski definition) is 1. The normalized spacial score (nSPS) is 15.9. The highest BCUT2D eigenvalue weighted by Gasteiger charge is 2.31. The Kier molecular flexibility index (Phi) is 4.82. The van der Waals surface area contributed by atoms with Gasteiger partial charge in [-0.15, -0.1) is 13.2 Å². The number of anilines is 2. The number of hydrogen-bond acceptors (Lipinski definition) is 5. The third-order valence-corrected chi connectivity index (χ3v) is 5.58. The zero-order valence-corrected chi connectivity index (χ0v) is 15.2. The molecule has 1 aliphatic rings. The summed E-state index contributed by atoms with van der Waals surface area (Å²) in [5.41, 5.74) is 1.65. The minimum Gasteiger partial charge on any atom is -0.406 e. The standard InChI is InChI=1S/C19H18F3N3OS/c20-19(21,22)26-15-5-3-4-14(12-15)23-13-8-10-25(11-9-13)18-24-16-6-1-2-7-17(16)27-18/h1-7,12-13,23H,8-11H2. The van der Waals surface area contributed by atoms with E-state index in [1.165, 1.54) is 16.8 Å². The summed E-state index contributed by atoms with van der Waals surface area (Å²) in [6.07, 6.45) is -2.90. The number of thiazole rings is 1. The quantitative estimate of drug-likeness (QED) is 0.655. The van der Waals surface area contributed by atoms with E-state index >= 15 is 0 Å². The van der Waals surface area contributed by atoms with Crippen LogP contribution in [0, 0.1) is 0 Å². The van der Waals surface area contributed by atoms with Crippen molar-refractivity contribution < 1.29 is 17.9 Å². The van der Waals surface area contributed by atoms with Crippen molar-refractivity contribution in [2.24, 2.45) is 0 Å². The van der Waals surface area contributed by atoms with Gasteiger partial charge in [-0.05, 0) is 37.1 Å². The highest BCUT2D eigenvalue weighted by molar-refractivity contribution is 7.22. The summed E-state index contributed by atoms with van der Waals surface area (Å²) in [6, 6.07) is 14.3. The van der Waals surface area contributed by atoms with Crippen LogP contribution < -0.4 is 15.0 Å². The van der Waals surface area contributed by atoms with Crippen molar-refractivity contribution in [1.82, 2.24) is 4.98 Å². The topological polar surface area (TPSA) is 37.4 Å². The molecule has 1 fully saturated rings. The van der Waals surface area contributed by atoms with Gasteiger partial charge in [0.15, 0.2) is 5.13 Å². The first kappa shape index (κ1) is 17.9. The number of ether oxygens (including phenoxy) is 1. The molecule has 2 aromatic carbocycles. The van der Waals surface area contributed by atoms with Gasteiger partial charge in [0.2, 0.25) is 0 Å². The van der Waals surface area contributed by atoms with Gasteiger partial charge in [0.05, 0.1) is 10.2 Å². The van der Waals surface area contributed by atoms with Crippen molar-refractivity contribution in [3.63, 3.8) is 0 Å². The maximum atomic E-state index is 12.4. The van der Waals surface area contributed by atoms with E-state index in [0.29, 0.717) is 5.69 Å². The molecule has 0 aliphatic carbocycles. The van der Waals surface area contributed by atoms with Crippen LogP contribution in [0.5, 0.6) is 5.75 Å². The van der Waals surface area contributed by atoms with E-state index in [0.717, 1.165) is 36.6 Å². The zero-order chi connectivity index (χ0) is 18.9. The van der Waals surface area contributed by atoms with E-state index in [9.17, 15) is 13.2 Å². The minimum atomic E-state index is -4.68. The molecule has 1 aromatic heterocycles. The molecule has 1 saturated heterocycles. The summed E-state index contributed by atoms with van der Waals surface area (Å²) < 4.78 is 42.2. The van der Waals surface area contributed by atoms with Crippen LogP contribution in [-0.2, 0) is 0 Å². The molecule has 2 heterocycles. The first-order valence-electron chi connectivity index (χ1n) is 8.69. The lowest BCUT2D eigenvalue weighted by Gasteiger charge is -2.32. The zero-order valence-electron chi connectivity index (χ0n) is 14.4. The molecule has 1 N–H and O–H groups in total. The SMILES string of the molecule is FC(F)(F)Oc1cccc(NC2CCN(c3nc4ccccc4s3)CC2)c1.